The van der Waals surface area contributed by atoms with E-state index in [4.69, 9.17) is 9.47 Å². The zero-order chi connectivity index (χ0) is 31.7. The Morgan fingerprint density at radius 1 is 0.977 bits per heavy atom. The SMILES string of the molecule is CCCC[P+](CCCC)(CCCC)CCCNC(=O)CCC(=O)CCC(=O)O[C@@H]1C[C@H](n2ccc(=O)[nH]c2=O)O[C@@H]1CO. The van der Waals surface area contributed by atoms with Crippen molar-refractivity contribution in [1.82, 2.24) is 14.9 Å². The zero-order valence-corrected chi connectivity index (χ0v) is 27.2. The van der Waals surface area contributed by atoms with Gasteiger partial charge in [-0.2, -0.15) is 0 Å². The molecule has 3 atom stereocenters. The summed E-state index contributed by atoms with van der Waals surface area (Å²) in [4.78, 5) is 62.6. The summed E-state index contributed by atoms with van der Waals surface area (Å²) < 4.78 is 12.2. The van der Waals surface area contributed by atoms with Gasteiger partial charge in [0.2, 0.25) is 5.91 Å². The van der Waals surface area contributed by atoms with Crippen molar-refractivity contribution in [2.24, 2.45) is 0 Å². The number of hydrogen-bond donors (Lipinski definition) is 3. The van der Waals surface area contributed by atoms with Crippen LogP contribution in [0.3, 0.4) is 0 Å². The molecule has 1 saturated heterocycles. The number of ether oxygens (including phenoxy) is 2. The van der Waals surface area contributed by atoms with Gasteiger partial charge in [0.15, 0.2) is 0 Å². The molecule has 12 heteroatoms. The number of H-pyrrole nitrogens is 1. The fourth-order valence-electron chi connectivity index (χ4n) is 5.54. The average molecular weight is 627 g/mol. The maximum absolute atomic E-state index is 12.4. The minimum absolute atomic E-state index is 0.0500. The van der Waals surface area contributed by atoms with Gasteiger partial charge in [0.1, 0.15) is 24.2 Å². The van der Waals surface area contributed by atoms with Crippen LogP contribution in [0, 0.1) is 0 Å². The minimum atomic E-state index is -0.995. The fraction of sp³-hybridized carbons (Fsp3) is 0.774. The molecule has 1 fully saturated rings. The highest BCUT2D eigenvalue weighted by atomic mass is 31.2. The van der Waals surface area contributed by atoms with Gasteiger partial charge < -0.3 is 19.9 Å². The van der Waals surface area contributed by atoms with Gasteiger partial charge in [0.05, 0.1) is 37.7 Å². The quantitative estimate of drug-likeness (QED) is 0.0997. The standard InChI is InChI=1S/C31H52N3O8P/c1-4-7-18-43(19-8-5-2,20-9-6-3)21-10-16-32-27(37)13-11-24(36)12-14-30(39)42-25-22-29(41-26(25)23-35)34-17-15-28(38)33-31(34)40/h15,17,25-26,29,35H,4-14,16,18-23H2,1-3H3,(H-,32,33,37,38,40)/p+1/t25-,26-,29-/m1/s1. The van der Waals surface area contributed by atoms with Gasteiger partial charge >= 0.3 is 11.7 Å². The number of esters is 1. The lowest BCUT2D eigenvalue weighted by Crippen LogP contribution is -2.31. The number of rotatable bonds is 22. The third-order valence-electron chi connectivity index (χ3n) is 8.13. The number of nitrogens with zero attached hydrogens (tertiary/aromatic N) is 1. The van der Waals surface area contributed by atoms with Gasteiger partial charge in [0, 0.05) is 51.8 Å². The van der Waals surface area contributed by atoms with Crippen molar-refractivity contribution in [3.63, 3.8) is 0 Å². The molecule has 0 radical (unpaired) electrons. The predicted octanol–water partition coefficient (Wildman–Crippen LogP) is 3.78. The Morgan fingerprint density at radius 3 is 2.16 bits per heavy atom. The molecule has 0 saturated carbocycles. The number of aliphatic hydroxyl groups excluding tert-OH is 1. The van der Waals surface area contributed by atoms with Crippen LogP contribution in [0.15, 0.2) is 21.9 Å². The number of aliphatic hydroxyl groups is 1. The summed E-state index contributed by atoms with van der Waals surface area (Å²) in [5.41, 5.74) is -1.22. The van der Waals surface area contributed by atoms with Crippen LogP contribution in [0.1, 0.15) is 104 Å². The number of nitrogens with one attached hydrogen (secondary N) is 2. The lowest BCUT2D eigenvalue weighted by Gasteiger charge is -2.28. The summed E-state index contributed by atoms with van der Waals surface area (Å²) in [5.74, 6) is -0.969. The molecule has 11 nitrogen and oxygen atoms in total. The van der Waals surface area contributed by atoms with E-state index < -0.39 is 49.5 Å². The summed E-state index contributed by atoms with van der Waals surface area (Å²) >= 11 is 0. The van der Waals surface area contributed by atoms with Crippen molar-refractivity contribution in [1.29, 1.82) is 0 Å². The molecule has 0 aromatic carbocycles. The molecule has 2 heterocycles. The van der Waals surface area contributed by atoms with E-state index in [1.165, 1.54) is 75.4 Å². The summed E-state index contributed by atoms with van der Waals surface area (Å²) in [7, 11) is -0.995. The Balaban J connectivity index is 1.71. The van der Waals surface area contributed by atoms with Crippen molar-refractivity contribution in [3.05, 3.63) is 33.1 Å². The van der Waals surface area contributed by atoms with Crippen molar-refractivity contribution >= 4 is 24.9 Å². The van der Waals surface area contributed by atoms with Gasteiger partial charge in [-0.25, -0.2) is 4.79 Å². The molecule has 0 unspecified atom stereocenters. The number of carbonyl (C=O) groups is 3. The molecule has 3 N–H and O–H groups in total. The summed E-state index contributed by atoms with van der Waals surface area (Å²) in [6, 6.07) is 1.17. The molecule has 0 bridgehead atoms. The Hall–Kier alpha value is -2.36. The van der Waals surface area contributed by atoms with E-state index in [1.54, 1.807) is 0 Å². The number of hydrogen-bond acceptors (Lipinski definition) is 8. The third kappa shape index (κ3) is 13.0. The molecule has 1 aliphatic rings. The first kappa shape index (κ1) is 36.8. The third-order valence-corrected chi connectivity index (χ3v) is 13.2. The van der Waals surface area contributed by atoms with Crippen LogP contribution in [0.5, 0.6) is 0 Å². The van der Waals surface area contributed by atoms with E-state index in [2.05, 4.69) is 31.1 Å². The Morgan fingerprint density at radius 2 is 1.58 bits per heavy atom. The first-order chi connectivity index (χ1) is 20.7. The second-order valence-corrected chi connectivity index (χ2v) is 16.1. The molecule has 1 aromatic rings. The van der Waals surface area contributed by atoms with Gasteiger partial charge in [-0.05, 0) is 25.7 Å². The van der Waals surface area contributed by atoms with Crippen molar-refractivity contribution in [2.75, 3.05) is 37.8 Å². The van der Waals surface area contributed by atoms with E-state index in [0.29, 0.717) is 6.54 Å². The molecular weight excluding hydrogens is 573 g/mol. The van der Waals surface area contributed by atoms with Gasteiger partial charge in [-0.3, -0.25) is 28.7 Å². The average Bonchev–Trinajstić information content (AvgIpc) is 3.39. The van der Waals surface area contributed by atoms with Crippen LogP contribution in [-0.4, -0.2) is 82.3 Å². The second kappa shape index (κ2) is 19.8. The number of ketones is 1. The molecule has 43 heavy (non-hydrogen) atoms. The molecule has 0 spiro atoms. The lowest BCUT2D eigenvalue weighted by atomic mass is 10.1. The smallest absolute Gasteiger partial charge is 0.330 e. The van der Waals surface area contributed by atoms with Crippen molar-refractivity contribution < 1.29 is 29.0 Å². The first-order valence-electron chi connectivity index (χ1n) is 16.1. The molecule has 0 aliphatic carbocycles. The van der Waals surface area contributed by atoms with Crippen LogP contribution >= 0.6 is 7.26 Å². The van der Waals surface area contributed by atoms with Gasteiger partial charge in [-0.15, -0.1) is 0 Å². The van der Waals surface area contributed by atoms with Crippen LogP contribution in [0.4, 0.5) is 0 Å². The van der Waals surface area contributed by atoms with Gasteiger partial charge in [-0.1, -0.05) is 40.0 Å². The normalized spacial score (nSPS) is 18.5. The van der Waals surface area contributed by atoms with Crippen molar-refractivity contribution in [3.8, 4) is 0 Å². The van der Waals surface area contributed by atoms with Crippen LogP contribution in [0.25, 0.3) is 0 Å². The van der Waals surface area contributed by atoms with E-state index >= 15 is 0 Å². The number of unbranched alkanes of at least 4 members (excludes halogenated alkanes) is 3. The minimum Gasteiger partial charge on any atom is -0.459 e. The van der Waals surface area contributed by atoms with Crippen molar-refractivity contribution in [2.45, 2.75) is 116 Å². The van der Waals surface area contributed by atoms with E-state index in [9.17, 15) is 29.1 Å². The monoisotopic (exact) mass is 626 g/mol. The van der Waals surface area contributed by atoms with Crippen LogP contribution in [-0.2, 0) is 23.9 Å². The highest BCUT2D eigenvalue weighted by Gasteiger charge is 2.39. The molecule has 1 amide bonds. The maximum atomic E-state index is 12.4. The summed E-state index contributed by atoms with van der Waals surface area (Å²) in [5, 5.41) is 12.6. The van der Waals surface area contributed by atoms with Crippen LogP contribution in [0.2, 0.25) is 0 Å². The Kier molecular flexibility index (Phi) is 17.0. The molecule has 2 rings (SSSR count). The van der Waals surface area contributed by atoms with E-state index in [-0.39, 0.29) is 43.8 Å². The summed E-state index contributed by atoms with van der Waals surface area (Å²) in [6.45, 7) is 6.97. The first-order valence-corrected chi connectivity index (χ1v) is 18.6. The molecule has 1 aliphatic heterocycles. The second-order valence-electron chi connectivity index (χ2n) is 11.6. The largest absolute Gasteiger partial charge is 0.459 e. The highest BCUT2D eigenvalue weighted by Crippen LogP contribution is 2.61. The number of amides is 1. The van der Waals surface area contributed by atoms with Crippen LogP contribution < -0.4 is 16.6 Å². The summed E-state index contributed by atoms with van der Waals surface area (Å²) in [6.07, 6.45) is 12.7. The molecule has 244 valence electrons. The number of carbonyl (C=O) groups excluding carboxylic acids is 3. The Bertz CT molecular complexity index is 1100. The predicted molar refractivity (Wildman–Crippen MR) is 169 cm³/mol. The number of aromatic amines is 1. The highest BCUT2D eigenvalue weighted by molar-refractivity contribution is 7.75. The lowest BCUT2D eigenvalue weighted by molar-refractivity contribution is -0.154. The molecule has 1 aromatic heterocycles. The number of Topliss-reactive ketones (excluding diaryl/α,β-unsaturated/α-hetero) is 1. The number of aromatic nitrogens is 2. The van der Waals surface area contributed by atoms with Gasteiger partial charge in [0.25, 0.3) is 5.56 Å². The Labute approximate surface area is 255 Å². The van der Waals surface area contributed by atoms with E-state index in [1.807, 2.05) is 0 Å². The zero-order valence-electron chi connectivity index (χ0n) is 26.3. The fourth-order valence-corrected chi connectivity index (χ4v) is 10.7. The maximum Gasteiger partial charge on any atom is 0.330 e. The van der Waals surface area contributed by atoms with E-state index in [0.717, 1.165) is 11.0 Å². The topological polar surface area (TPSA) is 157 Å². The molecular formula is C31H53N3O8P+.